The van der Waals surface area contributed by atoms with E-state index in [0.29, 0.717) is 0 Å². The highest BCUT2D eigenvalue weighted by molar-refractivity contribution is 6.08. The maximum absolute atomic E-state index is 12.9. The smallest absolute Gasteiger partial charge is 0.232 e. The number of carbonyl (C=O) groups is 1. The van der Waals surface area contributed by atoms with Gasteiger partial charge in [-0.15, -0.1) is 0 Å². The molecule has 2 aromatic carbocycles. The first-order valence-electron chi connectivity index (χ1n) is 9.50. The van der Waals surface area contributed by atoms with E-state index in [1.807, 2.05) is 29.2 Å². The second-order valence-electron chi connectivity index (χ2n) is 7.05. The molecule has 3 nitrogen and oxygen atoms in total. The van der Waals surface area contributed by atoms with Gasteiger partial charge in [-0.3, -0.25) is 9.78 Å². The highest BCUT2D eigenvalue weighted by Gasteiger charge is 2.47. The Bertz CT molecular complexity index is 901. The largest absolute Gasteiger partial charge is 0.306 e. The Kier molecular flexibility index (Phi) is 4.70. The molecule has 1 aliphatic heterocycles. The summed E-state index contributed by atoms with van der Waals surface area (Å²) in [6.45, 7) is 2.16. The second-order valence-corrected chi connectivity index (χ2v) is 7.05. The van der Waals surface area contributed by atoms with Crippen LogP contribution in [0.15, 0.2) is 66.9 Å². The zero-order chi connectivity index (χ0) is 17.9. The lowest BCUT2D eigenvalue weighted by atomic mass is 9.80. The molecule has 2 heterocycles. The van der Waals surface area contributed by atoms with Crippen LogP contribution in [0.1, 0.15) is 31.7 Å². The molecular formula is C23H24N2O. The summed E-state index contributed by atoms with van der Waals surface area (Å²) in [5, 5.41) is 1.08. The van der Waals surface area contributed by atoms with E-state index < -0.39 is 0 Å². The van der Waals surface area contributed by atoms with E-state index in [9.17, 15) is 4.79 Å². The van der Waals surface area contributed by atoms with Crippen molar-refractivity contribution in [3.05, 3.63) is 72.4 Å². The first kappa shape index (κ1) is 16.8. The number of hydrogen-bond acceptors (Lipinski definition) is 2. The number of aromatic nitrogens is 1. The van der Waals surface area contributed by atoms with Crippen LogP contribution in [0.5, 0.6) is 0 Å². The van der Waals surface area contributed by atoms with Gasteiger partial charge in [0.2, 0.25) is 5.91 Å². The Morgan fingerprint density at radius 3 is 2.58 bits per heavy atom. The van der Waals surface area contributed by atoms with Crippen LogP contribution in [0.3, 0.4) is 0 Å². The van der Waals surface area contributed by atoms with Crippen LogP contribution in [-0.4, -0.2) is 16.9 Å². The molecule has 3 heteroatoms. The van der Waals surface area contributed by atoms with Gasteiger partial charge in [0, 0.05) is 17.6 Å². The maximum Gasteiger partial charge on any atom is 0.232 e. The summed E-state index contributed by atoms with van der Waals surface area (Å²) < 4.78 is 0. The van der Waals surface area contributed by atoms with Crippen molar-refractivity contribution in [2.24, 2.45) is 5.92 Å². The fourth-order valence-corrected chi connectivity index (χ4v) is 4.10. The summed E-state index contributed by atoms with van der Waals surface area (Å²) in [6.07, 6.45) is 5.79. The van der Waals surface area contributed by atoms with Crippen molar-refractivity contribution < 1.29 is 4.79 Å². The van der Waals surface area contributed by atoms with Crippen molar-refractivity contribution in [2.75, 3.05) is 4.90 Å². The van der Waals surface area contributed by atoms with Crippen molar-refractivity contribution in [1.29, 1.82) is 0 Å². The number of fused-ring (bicyclic) bond motifs is 1. The van der Waals surface area contributed by atoms with Gasteiger partial charge in [-0.1, -0.05) is 61.9 Å². The zero-order valence-corrected chi connectivity index (χ0v) is 15.1. The molecule has 0 saturated carbocycles. The number of para-hydroxylation sites is 1. The number of carbonyl (C=O) groups excluding carboxylic acids is 1. The molecule has 0 aliphatic carbocycles. The van der Waals surface area contributed by atoms with E-state index in [4.69, 9.17) is 0 Å². The maximum atomic E-state index is 12.9. The third-order valence-corrected chi connectivity index (χ3v) is 5.39. The average Bonchev–Trinajstić information content (AvgIpc) is 2.70. The monoisotopic (exact) mass is 344 g/mol. The SMILES string of the molecule is CCCC1C(=O)N(c2cccc3cccnc23)C1CCc1ccccc1. The molecule has 0 bridgehead atoms. The summed E-state index contributed by atoms with van der Waals surface area (Å²) in [6, 6.07) is 20.9. The van der Waals surface area contributed by atoms with Crippen LogP contribution < -0.4 is 4.90 Å². The highest BCUT2D eigenvalue weighted by Crippen LogP contribution is 2.40. The Hall–Kier alpha value is -2.68. The van der Waals surface area contributed by atoms with Crippen LogP contribution in [0.2, 0.25) is 0 Å². The molecule has 1 fully saturated rings. The summed E-state index contributed by atoms with van der Waals surface area (Å²) >= 11 is 0. The molecule has 26 heavy (non-hydrogen) atoms. The number of amides is 1. The third-order valence-electron chi connectivity index (χ3n) is 5.39. The van der Waals surface area contributed by atoms with Gasteiger partial charge >= 0.3 is 0 Å². The van der Waals surface area contributed by atoms with Gasteiger partial charge < -0.3 is 4.90 Å². The molecule has 1 aliphatic rings. The first-order valence-corrected chi connectivity index (χ1v) is 9.50. The quantitative estimate of drug-likeness (QED) is 0.590. The molecule has 4 rings (SSSR count). The Morgan fingerprint density at radius 2 is 1.77 bits per heavy atom. The molecule has 2 atom stereocenters. The number of β-lactam (4-membered cyclic amide) rings is 1. The fraction of sp³-hybridized carbons (Fsp3) is 0.304. The van der Waals surface area contributed by atoms with Crippen LogP contribution in [-0.2, 0) is 11.2 Å². The van der Waals surface area contributed by atoms with E-state index in [1.165, 1.54) is 5.56 Å². The molecule has 2 unspecified atom stereocenters. The van der Waals surface area contributed by atoms with Gasteiger partial charge in [-0.25, -0.2) is 0 Å². The molecule has 0 radical (unpaired) electrons. The van der Waals surface area contributed by atoms with Crippen molar-refractivity contribution in [3.8, 4) is 0 Å². The van der Waals surface area contributed by atoms with Crippen molar-refractivity contribution in [3.63, 3.8) is 0 Å². The summed E-state index contributed by atoms with van der Waals surface area (Å²) in [5.41, 5.74) is 3.21. The number of rotatable bonds is 6. The minimum atomic E-state index is 0.141. The van der Waals surface area contributed by atoms with Gasteiger partial charge in [0.25, 0.3) is 0 Å². The minimum Gasteiger partial charge on any atom is -0.306 e. The molecule has 0 spiro atoms. The van der Waals surface area contributed by atoms with Crippen molar-refractivity contribution in [2.45, 2.75) is 38.6 Å². The number of pyridine rings is 1. The third kappa shape index (κ3) is 2.98. The molecule has 1 saturated heterocycles. The Morgan fingerprint density at radius 1 is 0.962 bits per heavy atom. The van der Waals surface area contributed by atoms with Gasteiger partial charge in [-0.05, 0) is 37.0 Å². The van der Waals surface area contributed by atoms with Crippen LogP contribution in [0, 0.1) is 5.92 Å². The Labute approximate surface area is 154 Å². The summed E-state index contributed by atoms with van der Waals surface area (Å²) in [7, 11) is 0. The lowest BCUT2D eigenvalue weighted by Gasteiger charge is -2.47. The van der Waals surface area contributed by atoms with Gasteiger partial charge in [-0.2, -0.15) is 0 Å². The number of benzene rings is 2. The predicted octanol–water partition coefficient (Wildman–Crippen LogP) is 5.00. The number of hydrogen-bond donors (Lipinski definition) is 0. The van der Waals surface area contributed by atoms with E-state index in [0.717, 1.165) is 42.3 Å². The Balaban J connectivity index is 1.63. The zero-order valence-electron chi connectivity index (χ0n) is 15.1. The van der Waals surface area contributed by atoms with E-state index >= 15 is 0 Å². The number of nitrogens with zero attached hydrogens (tertiary/aromatic N) is 2. The lowest BCUT2D eigenvalue weighted by Crippen LogP contribution is -2.61. The molecule has 132 valence electrons. The topological polar surface area (TPSA) is 33.2 Å². The van der Waals surface area contributed by atoms with Crippen LogP contribution in [0.25, 0.3) is 10.9 Å². The molecule has 0 N–H and O–H groups in total. The van der Waals surface area contributed by atoms with Crippen molar-refractivity contribution in [1.82, 2.24) is 4.98 Å². The molecule has 1 aromatic heterocycles. The molecule has 1 amide bonds. The van der Waals surface area contributed by atoms with Crippen LogP contribution >= 0.6 is 0 Å². The lowest BCUT2D eigenvalue weighted by molar-refractivity contribution is -0.130. The standard InChI is InChI=1S/C23H24N2O/c1-2-8-19-20(15-14-17-9-4-3-5-10-17)25(23(19)26)21-13-6-11-18-12-7-16-24-22(18)21/h3-7,9-13,16,19-20H,2,8,14-15H2,1H3. The fourth-order valence-electron chi connectivity index (χ4n) is 4.10. The number of aryl methyl sites for hydroxylation is 1. The first-order chi connectivity index (χ1) is 12.8. The van der Waals surface area contributed by atoms with Gasteiger partial charge in [0.15, 0.2) is 0 Å². The number of anilines is 1. The predicted molar refractivity (Wildman–Crippen MR) is 106 cm³/mol. The van der Waals surface area contributed by atoms with Crippen molar-refractivity contribution >= 4 is 22.5 Å². The van der Waals surface area contributed by atoms with Gasteiger partial charge in [0.1, 0.15) is 0 Å². The van der Waals surface area contributed by atoms with E-state index in [2.05, 4.69) is 48.3 Å². The molecule has 3 aromatic rings. The highest BCUT2D eigenvalue weighted by atomic mass is 16.2. The minimum absolute atomic E-state index is 0.141. The van der Waals surface area contributed by atoms with E-state index in [-0.39, 0.29) is 17.9 Å². The van der Waals surface area contributed by atoms with Crippen LogP contribution in [0.4, 0.5) is 5.69 Å². The summed E-state index contributed by atoms with van der Waals surface area (Å²) in [5.74, 6) is 0.394. The molecular weight excluding hydrogens is 320 g/mol. The summed E-state index contributed by atoms with van der Waals surface area (Å²) in [4.78, 5) is 19.5. The van der Waals surface area contributed by atoms with E-state index in [1.54, 1.807) is 6.20 Å². The average molecular weight is 344 g/mol. The van der Waals surface area contributed by atoms with Gasteiger partial charge in [0.05, 0.1) is 17.1 Å². The second kappa shape index (κ2) is 7.28. The normalized spacial score (nSPS) is 19.6.